The zero-order valence-electron chi connectivity index (χ0n) is 21.5. The van der Waals surface area contributed by atoms with E-state index in [0.29, 0.717) is 0 Å². The van der Waals surface area contributed by atoms with Gasteiger partial charge in [-0.25, -0.2) is 0 Å². The van der Waals surface area contributed by atoms with Crippen LogP contribution in [0.15, 0.2) is 142 Å². The van der Waals surface area contributed by atoms with Crippen molar-refractivity contribution in [3.8, 4) is 22.3 Å². The highest BCUT2D eigenvalue weighted by Crippen LogP contribution is 2.45. The van der Waals surface area contributed by atoms with E-state index in [9.17, 15) is 0 Å². The molecule has 2 heterocycles. The molecule has 40 heavy (non-hydrogen) atoms. The molecule has 0 aliphatic carbocycles. The standard InChI is InChI=1S/C38H22O2/c1-2-10-23(11-3-1)37-27-13-4-6-15-29(27)38(30-16-7-5-14-28(30)37)24-18-19-26-32-22-35-31(21-36(32)40-34(26)20-24)25-12-8-9-17-33(25)39-35/h1-22H. The summed E-state index contributed by atoms with van der Waals surface area (Å²) in [6.45, 7) is 0. The molecule has 2 heteroatoms. The van der Waals surface area contributed by atoms with Crippen molar-refractivity contribution < 1.29 is 8.83 Å². The van der Waals surface area contributed by atoms with E-state index < -0.39 is 0 Å². The maximum Gasteiger partial charge on any atom is 0.136 e. The summed E-state index contributed by atoms with van der Waals surface area (Å²) in [7, 11) is 0. The zero-order chi connectivity index (χ0) is 26.2. The van der Waals surface area contributed by atoms with E-state index in [4.69, 9.17) is 8.83 Å². The fraction of sp³-hybridized carbons (Fsp3) is 0. The smallest absolute Gasteiger partial charge is 0.136 e. The molecule has 0 aliphatic heterocycles. The lowest BCUT2D eigenvalue weighted by Crippen LogP contribution is -1.90. The van der Waals surface area contributed by atoms with Crippen LogP contribution in [0.3, 0.4) is 0 Å². The Morgan fingerprint density at radius 1 is 0.275 bits per heavy atom. The Morgan fingerprint density at radius 3 is 1.35 bits per heavy atom. The lowest BCUT2D eigenvalue weighted by molar-refractivity contribution is 0.664. The summed E-state index contributed by atoms with van der Waals surface area (Å²) < 4.78 is 12.7. The quantitative estimate of drug-likeness (QED) is 0.216. The second kappa shape index (κ2) is 8.08. The number of benzene rings is 7. The van der Waals surface area contributed by atoms with Gasteiger partial charge >= 0.3 is 0 Å². The molecular formula is C38H22O2. The molecular weight excluding hydrogens is 488 g/mol. The van der Waals surface area contributed by atoms with Crippen LogP contribution in [0.2, 0.25) is 0 Å². The summed E-state index contributed by atoms with van der Waals surface area (Å²) in [6, 6.07) is 47.2. The molecule has 0 N–H and O–H groups in total. The van der Waals surface area contributed by atoms with Crippen LogP contribution in [0.25, 0.3) is 87.7 Å². The number of para-hydroxylation sites is 1. The second-order valence-corrected chi connectivity index (χ2v) is 10.5. The molecule has 0 fully saturated rings. The summed E-state index contributed by atoms with van der Waals surface area (Å²) in [5.41, 5.74) is 8.41. The second-order valence-electron chi connectivity index (χ2n) is 10.5. The van der Waals surface area contributed by atoms with E-state index in [1.165, 1.54) is 38.2 Å². The first-order chi connectivity index (χ1) is 19.8. The van der Waals surface area contributed by atoms with E-state index in [1.807, 2.05) is 18.2 Å². The lowest BCUT2D eigenvalue weighted by Gasteiger charge is -2.17. The summed E-state index contributed by atoms with van der Waals surface area (Å²) in [5.74, 6) is 0. The Labute approximate surface area is 229 Å². The topological polar surface area (TPSA) is 26.3 Å². The van der Waals surface area contributed by atoms with Crippen molar-refractivity contribution in [2.75, 3.05) is 0 Å². The third-order valence-corrected chi connectivity index (χ3v) is 8.25. The number of rotatable bonds is 2. The van der Waals surface area contributed by atoms with E-state index in [1.54, 1.807) is 0 Å². The van der Waals surface area contributed by atoms with Crippen LogP contribution < -0.4 is 0 Å². The van der Waals surface area contributed by atoms with Crippen molar-refractivity contribution in [3.05, 3.63) is 133 Å². The largest absolute Gasteiger partial charge is 0.456 e. The fourth-order valence-corrected chi connectivity index (χ4v) is 6.50. The van der Waals surface area contributed by atoms with Gasteiger partial charge in [0.1, 0.15) is 22.3 Å². The summed E-state index contributed by atoms with van der Waals surface area (Å²) >= 11 is 0. The Bertz CT molecular complexity index is 2370. The van der Waals surface area contributed by atoms with Crippen LogP contribution in [-0.4, -0.2) is 0 Å². The van der Waals surface area contributed by atoms with Gasteiger partial charge in [-0.05, 0) is 74.1 Å². The molecule has 0 aliphatic rings. The molecule has 0 saturated carbocycles. The number of furan rings is 2. The van der Waals surface area contributed by atoms with Gasteiger partial charge < -0.3 is 8.83 Å². The van der Waals surface area contributed by atoms with Crippen LogP contribution in [0, 0.1) is 0 Å². The molecule has 0 radical (unpaired) electrons. The Kier molecular flexibility index (Phi) is 4.36. The Balaban J connectivity index is 1.33. The highest BCUT2D eigenvalue weighted by Gasteiger charge is 2.18. The third-order valence-electron chi connectivity index (χ3n) is 8.25. The van der Waals surface area contributed by atoms with Crippen LogP contribution >= 0.6 is 0 Å². The normalized spacial score (nSPS) is 12.0. The minimum absolute atomic E-state index is 0.875. The van der Waals surface area contributed by atoms with Crippen LogP contribution in [0.5, 0.6) is 0 Å². The van der Waals surface area contributed by atoms with E-state index in [2.05, 4.69) is 115 Å². The van der Waals surface area contributed by atoms with E-state index >= 15 is 0 Å². The molecule has 186 valence electrons. The average molecular weight is 511 g/mol. The third kappa shape index (κ3) is 2.99. The lowest BCUT2D eigenvalue weighted by atomic mass is 9.86. The SMILES string of the molecule is c1ccc(-c2c3ccccc3c(-c3ccc4c(c3)oc3cc5c(cc34)oc3ccccc35)c3ccccc23)cc1. The number of hydrogen-bond acceptors (Lipinski definition) is 2. The zero-order valence-corrected chi connectivity index (χ0v) is 21.5. The molecule has 0 unspecified atom stereocenters. The Hall–Kier alpha value is -5.34. The summed E-state index contributed by atoms with van der Waals surface area (Å²) in [6.07, 6.45) is 0. The van der Waals surface area contributed by atoms with Gasteiger partial charge in [0, 0.05) is 21.5 Å². The van der Waals surface area contributed by atoms with Gasteiger partial charge in [-0.2, -0.15) is 0 Å². The van der Waals surface area contributed by atoms with Crippen molar-refractivity contribution in [2.45, 2.75) is 0 Å². The first-order valence-corrected chi connectivity index (χ1v) is 13.6. The first kappa shape index (κ1) is 21.6. The van der Waals surface area contributed by atoms with Gasteiger partial charge in [-0.3, -0.25) is 0 Å². The number of fused-ring (bicyclic) bond motifs is 8. The predicted molar refractivity (Wildman–Crippen MR) is 167 cm³/mol. The molecule has 2 aromatic heterocycles. The van der Waals surface area contributed by atoms with Crippen LogP contribution in [0.4, 0.5) is 0 Å². The van der Waals surface area contributed by atoms with Gasteiger partial charge in [0.25, 0.3) is 0 Å². The predicted octanol–water partition coefficient (Wildman–Crippen LogP) is 11.1. The minimum atomic E-state index is 0.875. The molecule has 2 nitrogen and oxygen atoms in total. The highest BCUT2D eigenvalue weighted by atomic mass is 16.3. The monoisotopic (exact) mass is 510 g/mol. The molecule has 0 saturated heterocycles. The van der Waals surface area contributed by atoms with Gasteiger partial charge in [0.15, 0.2) is 0 Å². The molecule has 0 atom stereocenters. The van der Waals surface area contributed by atoms with Gasteiger partial charge in [0.05, 0.1) is 0 Å². The van der Waals surface area contributed by atoms with Gasteiger partial charge in [-0.15, -0.1) is 0 Å². The van der Waals surface area contributed by atoms with E-state index in [0.717, 1.165) is 49.4 Å². The number of hydrogen-bond donors (Lipinski definition) is 0. The average Bonchev–Trinajstić information content (AvgIpc) is 3.55. The Morgan fingerprint density at radius 2 is 0.725 bits per heavy atom. The maximum atomic E-state index is 6.52. The van der Waals surface area contributed by atoms with Crippen molar-refractivity contribution in [3.63, 3.8) is 0 Å². The minimum Gasteiger partial charge on any atom is -0.456 e. The van der Waals surface area contributed by atoms with Gasteiger partial charge in [0.2, 0.25) is 0 Å². The molecule has 9 rings (SSSR count). The highest BCUT2D eigenvalue weighted by molar-refractivity contribution is 6.22. The van der Waals surface area contributed by atoms with Crippen molar-refractivity contribution in [1.29, 1.82) is 0 Å². The molecule has 0 spiro atoms. The van der Waals surface area contributed by atoms with Crippen molar-refractivity contribution >= 4 is 65.4 Å². The maximum absolute atomic E-state index is 6.52. The molecule has 7 aromatic carbocycles. The van der Waals surface area contributed by atoms with Crippen LogP contribution in [0.1, 0.15) is 0 Å². The molecule has 0 bridgehead atoms. The fourth-order valence-electron chi connectivity index (χ4n) is 6.50. The van der Waals surface area contributed by atoms with Crippen molar-refractivity contribution in [2.24, 2.45) is 0 Å². The molecule has 0 amide bonds. The molecule has 9 aromatic rings. The summed E-state index contributed by atoms with van der Waals surface area (Å²) in [5, 5.41) is 9.32. The van der Waals surface area contributed by atoms with E-state index in [-0.39, 0.29) is 0 Å². The summed E-state index contributed by atoms with van der Waals surface area (Å²) in [4.78, 5) is 0. The van der Waals surface area contributed by atoms with Crippen molar-refractivity contribution in [1.82, 2.24) is 0 Å². The van der Waals surface area contributed by atoms with Crippen LogP contribution in [-0.2, 0) is 0 Å². The van der Waals surface area contributed by atoms with Gasteiger partial charge in [-0.1, -0.05) is 103 Å². The first-order valence-electron chi connectivity index (χ1n) is 13.6.